The predicted molar refractivity (Wildman–Crippen MR) is 81.5 cm³/mol. The topological polar surface area (TPSA) is 18.5 Å². The predicted octanol–water partition coefficient (Wildman–Crippen LogP) is 1.89. The SMILES string of the molecule is CNC(CC1CN(C)CCN1C)c1ccc(C)cc1. The first-order valence-electron chi connectivity index (χ1n) is 7.22. The first-order chi connectivity index (χ1) is 9.10. The Kier molecular flexibility index (Phi) is 4.97. The standard InChI is InChI=1S/C16H27N3/c1-13-5-7-14(8-6-13)16(17-2)11-15-12-18(3)9-10-19(15)4/h5-8,15-17H,9-12H2,1-4H3. The van der Waals surface area contributed by atoms with E-state index in [4.69, 9.17) is 0 Å². The van der Waals surface area contributed by atoms with E-state index in [1.54, 1.807) is 0 Å². The second kappa shape index (κ2) is 6.51. The molecule has 0 radical (unpaired) electrons. The molecule has 106 valence electrons. The maximum absolute atomic E-state index is 3.48. The molecule has 1 aliphatic rings. The van der Waals surface area contributed by atoms with Gasteiger partial charge in [-0.15, -0.1) is 0 Å². The Bertz CT molecular complexity index is 387. The number of aryl methyl sites for hydroxylation is 1. The van der Waals surface area contributed by atoms with Gasteiger partial charge < -0.3 is 15.1 Å². The van der Waals surface area contributed by atoms with Gasteiger partial charge >= 0.3 is 0 Å². The normalized spacial score (nSPS) is 23.5. The number of likely N-dealkylation sites (N-methyl/N-ethyl adjacent to an activating group) is 2. The van der Waals surface area contributed by atoms with Gasteiger partial charge in [-0.1, -0.05) is 29.8 Å². The Hall–Kier alpha value is -0.900. The Morgan fingerprint density at radius 3 is 2.53 bits per heavy atom. The van der Waals surface area contributed by atoms with E-state index in [1.165, 1.54) is 37.2 Å². The molecule has 2 unspecified atom stereocenters. The fourth-order valence-electron chi connectivity index (χ4n) is 2.85. The molecule has 1 heterocycles. The first kappa shape index (κ1) is 14.5. The van der Waals surface area contributed by atoms with Crippen LogP contribution in [0.4, 0.5) is 0 Å². The number of benzene rings is 1. The smallest absolute Gasteiger partial charge is 0.0332 e. The summed E-state index contributed by atoms with van der Waals surface area (Å²) in [5, 5.41) is 3.48. The summed E-state index contributed by atoms with van der Waals surface area (Å²) in [6.45, 7) is 5.66. The van der Waals surface area contributed by atoms with E-state index in [0.717, 1.165) is 0 Å². The average Bonchev–Trinajstić information content (AvgIpc) is 2.41. The molecule has 2 atom stereocenters. The molecule has 3 nitrogen and oxygen atoms in total. The second-order valence-electron chi connectivity index (χ2n) is 5.88. The second-order valence-corrected chi connectivity index (χ2v) is 5.88. The molecule has 1 aromatic carbocycles. The molecule has 2 rings (SSSR count). The number of nitrogens with one attached hydrogen (secondary N) is 1. The highest BCUT2D eigenvalue weighted by molar-refractivity contribution is 5.24. The van der Waals surface area contributed by atoms with Crippen LogP contribution in [0.1, 0.15) is 23.6 Å². The summed E-state index contributed by atoms with van der Waals surface area (Å²) in [5.74, 6) is 0. The zero-order chi connectivity index (χ0) is 13.8. The van der Waals surface area contributed by atoms with E-state index in [0.29, 0.717) is 12.1 Å². The van der Waals surface area contributed by atoms with Crippen molar-refractivity contribution in [3.8, 4) is 0 Å². The molecule has 1 fully saturated rings. The van der Waals surface area contributed by atoms with Crippen LogP contribution in [0.15, 0.2) is 24.3 Å². The lowest BCUT2D eigenvalue weighted by atomic mass is 9.96. The molecular formula is C16H27N3. The summed E-state index contributed by atoms with van der Waals surface area (Å²) in [6, 6.07) is 10.00. The summed E-state index contributed by atoms with van der Waals surface area (Å²) in [5.41, 5.74) is 2.72. The van der Waals surface area contributed by atoms with Crippen molar-refractivity contribution in [3.05, 3.63) is 35.4 Å². The van der Waals surface area contributed by atoms with Crippen LogP contribution in [0.3, 0.4) is 0 Å². The van der Waals surface area contributed by atoms with Crippen molar-refractivity contribution in [2.75, 3.05) is 40.8 Å². The molecule has 0 spiro atoms. The van der Waals surface area contributed by atoms with Gasteiger partial charge in [-0.25, -0.2) is 0 Å². The zero-order valence-corrected chi connectivity index (χ0v) is 12.7. The van der Waals surface area contributed by atoms with Crippen LogP contribution in [0.5, 0.6) is 0 Å². The zero-order valence-electron chi connectivity index (χ0n) is 12.7. The third kappa shape index (κ3) is 3.78. The molecule has 0 aromatic heterocycles. The minimum atomic E-state index is 0.444. The lowest BCUT2D eigenvalue weighted by Gasteiger charge is -2.39. The van der Waals surface area contributed by atoms with Crippen molar-refractivity contribution in [1.82, 2.24) is 15.1 Å². The Morgan fingerprint density at radius 1 is 1.21 bits per heavy atom. The maximum atomic E-state index is 3.48. The fourth-order valence-corrected chi connectivity index (χ4v) is 2.85. The van der Waals surface area contributed by atoms with Gasteiger partial charge in [0, 0.05) is 31.7 Å². The highest BCUT2D eigenvalue weighted by atomic mass is 15.3. The van der Waals surface area contributed by atoms with Crippen LogP contribution >= 0.6 is 0 Å². The Morgan fingerprint density at radius 2 is 1.89 bits per heavy atom. The van der Waals surface area contributed by atoms with Gasteiger partial charge in [0.2, 0.25) is 0 Å². The highest BCUT2D eigenvalue weighted by Gasteiger charge is 2.25. The number of rotatable bonds is 4. The fraction of sp³-hybridized carbons (Fsp3) is 0.625. The number of nitrogens with zero attached hydrogens (tertiary/aromatic N) is 2. The molecule has 1 aliphatic heterocycles. The summed E-state index contributed by atoms with van der Waals surface area (Å²) in [4.78, 5) is 4.94. The van der Waals surface area contributed by atoms with Gasteiger partial charge in [0.05, 0.1) is 0 Å². The first-order valence-corrected chi connectivity index (χ1v) is 7.22. The van der Waals surface area contributed by atoms with E-state index in [2.05, 4.69) is 67.4 Å². The molecule has 0 amide bonds. The average molecular weight is 261 g/mol. The molecule has 19 heavy (non-hydrogen) atoms. The van der Waals surface area contributed by atoms with Crippen molar-refractivity contribution >= 4 is 0 Å². The summed E-state index contributed by atoms with van der Waals surface area (Å²) in [6.07, 6.45) is 1.17. The van der Waals surface area contributed by atoms with Crippen LogP contribution in [0, 0.1) is 6.92 Å². The third-order valence-electron chi connectivity index (χ3n) is 4.32. The van der Waals surface area contributed by atoms with Crippen molar-refractivity contribution in [1.29, 1.82) is 0 Å². The van der Waals surface area contributed by atoms with Crippen LogP contribution in [-0.4, -0.2) is 56.6 Å². The van der Waals surface area contributed by atoms with Gasteiger partial charge in [0.1, 0.15) is 0 Å². The molecule has 0 bridgehead atoms. The van der Waals surface area contributed by atoms with Crippen molar-refractivity contribution in [2.24, 2.45) is 0 Å². The van der Waals surface area contributed by atoms with Crippen molar-refractivity contribution < 1.29 is 0 Å². The van der Waals surface area contributed by atoms with Crippen LogP contribution in [-0.2, 0) is 0 Å². The third-order valence-corrected chi connectivity index (χ3v) is 4.32. The van der Waals surface area contributed by atoms with Crippen molar-refractivity contribution in [3.63, 3.8) is 0 Å². The molecule has 1 saturated heterocycles. The van der Waals surface area contributed by atoms with E-state index in [-0.39, 0.29) is 0 Å². The van der Waals surface area contributed by atoms with Crippen LogP contribution in [0.2, 0.25) is 0 Å². The lowest BCUT2D eigenvalue weighted by molar-refractivity contribution is 0.102. The van der Waals surface area contributed by atoms with Crippen LogP contribution < -0.4 is 5.32 Å². The van der Waals surface area contributed by atoms with Gasteiger partial charge in [0.25, 0.3) is 0 Å². The van der Waals surface area contributed by atoms with Crippen LogP contribution in [0.25, 0.3) is 0 Å². The minimum Gasteiger partial charge on any atom is -0.313 e. The minimum absolute atomic E-state index is 0.444. The summed E-state index contributed by atoms with van der Waals surface area (Å²) < 4.78 is 0. The van der Waals surface area contributed by atoms with Gasteiger partial charge in [0.15, 0.2) is 0 Å². The van der Waals surface area contributed by atoms with Gasteiger partial charge in [-0.3, -0.25) is 0 Å². The lowest BCUT2D eigenvalue weighted by Crippen LogP contribution is -2.50. The number of piperazine rings is 1. The van der Waals surface area contributed by atoms with Gasteiger partial charge in [-0.2, -0.15) is 0 Å². The molecular weight excluding hydrogens is 234 g/mol. The van der Waals surface area contributed by atoms with E-state index >= 15 is 0 Å². The Balaban J connectivity index is 2.03. The molecule has 0 aliphatic carbocycles. The number of hydrogen-bond acceptors (Lipinski definition) is 3. The summed E-state index contributed by atoms with van der Waals surface area (Å²) in [7, 11) is 6.54. The quantitative estimate of drug-likeness (QED) is 0.893. The van der Waals surface area contributed by atoms with E-state index in [1.807, 2.05) is 0 Å². The summed E-state index contributed by atoms with van der Waals surface area (Å²) >= 11 is 0. The molecule has 3 heteroatoms. The number of hydrogen-bond donors (Lipinski definition) is 1. The van der Waals surface area contributed by atoms with E-state index < -0.39 is 0 Å². The van der Waals surface area contributed by atoms with E-state index in [9.17, 15) is 0 Å². The highest BCUT2D eigenvalue weighted by Crippen LogP contribution is 2.22. The molecule has 0 saturated carbocycles. The molecule has 1 aromatic rings. The maximum Gasteiger partial charge on any atom is 0.0332 e. The monoisotopic (exact) mass is 261 g/mol. The molecule has 1 N–H and O–H groups in total. The largest absolute Gasteiger partial charge is 0.313 e. The van der Waals surface area contributed by atoms with Crippen molar-refractivity contribution in [2.45, 2.75) is 25.4 Å². The van der Waals surface area contributed by atoms with Gasteiger partial charge in [-0.05, 0) is 40.1 Å². The Labute approximate surface area is 117 Å².